The molecule has 0 saturated carbocycles. The number of nitrogen functional groups attached to an aromatic ring is 2. The van der Waals surface area contributed by atoms with Gasteiger partial charge in [-0.3, -0.25) is 0 Å². The Morgan fingerprint density at radius 1 is 1.17 bits per heavy atom. The second-order valence-electron chi connectivity index (χ2n) is 2.51. The zero-order valence-electron chi connectivity index (χ0n) is 7.69. The highest BCUT2D eigenvalue weighted by atomic mass is 19.1. The van der Waals surface area contributed by atoms with Crippen LogP contribution in [0.25, 0.3) is 0 Å². The average Bonchev–Trinajstić information content (AvgIpc) is 2.12. The first-order valence-corrected chi connectivity index (χ1v) is 3.62. The van der Waals surface area contributed by atoms with Crippen LogP contribution in [0.1, 0.15) is 11.1 Å². The average molecular weight is 168 g/mol. The maximum Gasteiger partial charge on any atom is 0.314 e. The molecule has 0 amide bonds. The molecule has 0 aliphatic rings. The molecule has 0 aliphatic heterocycles. The van der Waals surface area contributed by atoms with Gasteiger partial charge in [-0.15, -0.1) is 0 Å². The highest BCUT2D eigenvalue weighted by Gasteiger charge is 1.99. The maximum atomic E-state index is 9.50. The Balaban J connectivity index is 0.000000561. The Bertz CT molecular complexity index is 236. The number of halogens is 1. The summed E-state index contributed by atoms with van der Waals surface area (Å²) < 4.78 is 9.50. The van der Waals surface area contributed by atoms with Crippen molar-refractivity contribution in [1.82, 2.24) is 0 Å². The van der Waals surface area contributed by atoms with Crippen LogP contribution in [0, 0.1) is 13.8 Å². The van der Waals surface area contributed by atoms with Crippen LogP contribution in [0.15, 0.2) is 12.1 Å². The number of hydrogen-bond donors (Lipinski definition) is 2. The lowest BCUT2D eigenvalue weighted by Gasteiger charge is -2.05. The van der Waals surface area contributed by atoms with Crippen molar-refractivity contribution in [3.8, 4) is 0 Å². The second-order valence-corrected chi connectivity index (χ2v) is 2.51. The van der Waals surface area contributed by atoms with E-state index < -0.39 is 0 Å². The van der Waals surface area contributed by atoms with Gasteiger partial charge >= 0.3 is 8.12 Å². The Morgan fingerprint density at radius 3 is 2.08 bits per heavy atom. The van der Waals surface area contributed by atoms with Crippen LogP contribution in [0.3, 0.4) is 0 Å². The van der Waals surface area contributed by atoms with E-state index in [-0.39, 0.29) is 0 Å². The van der Waals surface area contributed by atoms with Crippen LogP contribution >= 0.6 is 0 Å². The fraction of sp³-hybridized carbons (Fsp3) is 0.250. The normalized spacial score (nSPS) is 8.58. The van der Waals surface area contributed by atoms with Crippen molar-refractivity contribution in [1.29, 1.82) is 0 Å². The van der Waals surface area contributed by atoms with Crippen LogP contribution in [-0.4, -0.2) is 8.12 Å². The molecule has 0 radical (unpaired) electrons. The summed E-state index contributed by atoms with van der Waals surface area (Å²) in [7, 11) is 0.500. The zero-order chi connectivity index (χ0) is 9.72. The summed E-state index contributed by atoms with van der Waals surface area (Å²) in [4.78, 5) is 0. The number of anilines is 2. The van der Waals surface area contributed by atoms with E-state index in [0.29, 0.717) is 19.5 Å². The first kappa shape index (κ1) is 10.8. The summed E-state index contributed by atoms with van der Waals surface area (Å²) in [5.41, 5.74) is 14.9. The third-order valence-electron chi connectivity index (χ3n) is 1.82. The Labute approximate surface area is 73.2 Å². The van der Waals surface area contributed by atoms with Gasteiger partial charge in [0.05, 0.1) is 11.4 Å². The van der Waals surface area contributed by atoms with Crippen LogP contribution < -0.4 is 11.5 Å². The van der Waals surface area contributed by atoms with E-state index in [9.17, 15) is 4.32 Å². The molecule has 1 aromatic rings. The summed E-state index contributed by atoms with van der Waals surface area (Å²) in [6.07, 6.45) is 0. The van der Waals surface area contributed by atoms with E-state index in [1.165, 1.54) is 5.56 Å². The fourth-order valence-electron chi connectivity index (χ4n) is 0.858. The van der Waals surface area contributed by atoms with Gasteiger partial charge in [0.1, 0.15) is 0 Å². The minimum atomic E-state index is 0.500. The number of hydrogen-bond acceptors (Lipinski definition) is 2. The Hall–Kier alpha value is -1.19. The summed E-state index contributed by atoms with van der Waals surface area (Å²) in [5.74, 6) is 0. The first-order valence-electron chi connectivity index (χ1n) is 3.62. The molecule has 4 N–H and O–H groups in total. The quantitative estimate of drug-likeness (QED) is 0.448. The molecular weight excluding hydrogens is 154 g/mol. The molecular formula is C8H14BFN2. The SMILES string of the molecule is BF.Cc1ccc(N)c(N)c1C. The minimum absolute atomic E-state index is 0.500. The predicted molar refractivity (Wildman–Crippen MR) is 54.4 cm³/mol. The van der Waals surface area contributed by atoms with Gasteiger partial charge < -0.3 is 15.8 Å². The Morgan fingerprint density at radius 2 is 1.67 bits per heavy atom. The fourth-order valence-corrected chi connectivity index (χ4v) is 0.858. The molecule has 0 unspecified atom stereocenters. The molecule has 0 saturated heterocycles. The monoisotopic (exact) mass is 168 g/mol. The van der Waals surface area contributed by atoms with Crippen molar-refractivity contribution >= 4 is 19.5 Å². The van der Waals surface area contributed by atoms with Gasteiger partial charge in [0, 0.05) is 0 Å². The van der Waals surface area contributed by atoms with E-state index in [2.05, 4.69) is 0 Å². The zero-order valence-corrected chi connectivity index (χ0v) is 7.69. The third kappa shape index (κ3) is 2.15. The molecule has 0 fully saturated rings. The van der Waals surface area contributed by atoms with Gasteiger partial charge in [0.15, 0.2) is 0 Å². The summed E-state index contributed by atoms with van der Waals surface area (Å²) in [6.45, 7) is 3.99. The van der Waals surface area contributed by atoms with Gasteiger partial charge in [0.25, 0.3) is 0 Å². The molecule has 1 rings (SSSR count). The topological polar surface area (TPSA) is 52.0 Å². The van der Waals surface area contributed by atoms with E-state index in [1.54, 1.807) is 0 Å². The summed E-state index contributed by atoms with van der Waals surface area (Å²) >= 11 is 0. The number of nitrogens with two attached hydrogens (primary N) is 2. The molecule has 2 nitrogen and oxygen atoms in total. The van der Waals surface area contributed by atoms with Gasteiger partial charge in [-0.25, -0.2) is 0 Å². The standard InChI is InChI=1S/C8H12N2.BFH2/c1-5-3-4-7(9)8(10)6(5)2;1-2/h3-4H,9-10H2,1-2H3;1H2. The van der Waals surface area contributed by atoms with Crippen molar-refractivity contribution < 1.29 is 4.32 Å². The van der Waals surface area contributed by atoms with Crippen LogP contribution in [-0.2, 0) is 0 Å². The molecule has 1 aromatic carbocycles. The molecule has 0 atom stereocenters. The van der Waals surface area contributed by atoms with E-state index in [0.717, 1.165) is 5.56 Å². The highest BCUT2D eigenvalue weighted by Crippen LogP contribution is 2.21. The highest BCUT2D eigenvalue weighted by molar-refractivity contribution is 5.96. The lowest BCUT2D eigenvalue weighted by Crippen LogP contribution is -1.98. The molecule has 0 bridgehead atoms. The Kier molecular flexibility index (Phi) is 4.19. The van der Waals surface area contributed by atoms with Crippen LogP contribution in [0.2, 0.25) is 0 Å². The van der Waals surface area contributed by atoms with Crippen molar-refractivity contribution in [3.63, 3.8) is 0 Å². The van der Waals surface area contributed by atoms with Crippen LogP contribution in [0.4, 0.5) is 15.7 Å². The second kappa shape index (κ2) is 4.64. The molecule has 0 aliphatic carbocycles. The first-order chi connectivity index (χ1) is 5.63. The van der Waals surface area contributed by atoms with Gasteiger partial charge in [-0.05, 0) is 31.0 Å². The van der Waals surface area contributed by atoms with E-state index in [4.69, 9.17) is 11.5 Å². The number of aryl methyl sites for hydroxylation is 1. The third-order valence-corrected chi connectivity index (χ3v) is 1.82. The molecule has 12 heavy (non-hydrogen) atoms. The van der Waals surface area contributed by atoms with Crippen molar-refractivity contribution in [2.45, 2.75) is 13.8 Å². The van der Waals surface area contributed by atoms with E-state index in [1.807, 2.05) is 26.0 Å². The van der Waals surface area contributed by atoms with Crippen molar-refractivity contribution in [2.75, 3.05) is 11.5 Å². The van der Waals surface area contributed by atoms with Crippen molar-refractivity contribution in [3.05, 3.63) is 23.3 Å². The molecule has 0 aromatic heterocycles. The van der Waals surface area contributed by atoms with Crippen molar-refractivity contribution in [2.24, 2.45) is 0 Å². The summed E-state index contributed by atoms with van der Waals surface area (Å²) in [6, 6.07) is 3.80. The predicted octanol–water partition coefficient (Wildman–Crippen LogP) is 0.972. The molecule has 4 heteroatoms. The minimum Gasteiger partial charge on any atom is -0.397 e. The van der Waals surface area contributed by atoms with E-state index >= 15 is 0 Å². The smallest absolute Gasteiger partial charge is 0.314 e. The van der Waals surface area contributed by atoms with Gasteiger partial charge in [-0.1, -0.05) is 6.07 Å². The number of rotatable bonds is 0. The lowest BCUT2D eigenvalue weighted by atomic mass is 10.1. The molecule has 0 heterocycles. The molecule has 66 valence electrons. The van der Waals surface area contributed by atoms with Gasteiger partial charge in [-0.2, -0.15) is 0 Å². The van der Waals surface area contributed by atoms with Crippen LogP contribution in [0.5, 0.6) is 0 Å². The largest absolute Gasteiger partial charge is 0.397 e. The maximum absolute atomic E-state index is 9.50. The molecule has 0 spiro atoms. The lowest BCUT2D eigenvalue weighted by molar-refractivity contribution is 0.902. The summed E-state index contributed by atoms with van der Waals surface area (Å²) in [5, 5.41) is 0. The van der Waals surface area contributed by atoms with Gasteiger partial charge in [0.2, 0.25) is 0 Å². The number of benzene rings is 1.